The number of hydrogen-bond donors (Lipinski definition) is 0. The Morgan fingerprint density at radius 3 is 2.91 bits per heavy atom. The van der Waals surface area contributed by atoms with Gasteiger partial charge in [-0.25, -0.2) is 0 Å². The largest absolute Gasteiger partial charge is 0.300 e. The van der Waals surface area contributed by atoms with Crippen LogP contribution in [0.25, 0.3) is 0 Å². The lowest BCUT2D eigenvalue weighted by Gasteiger charge is -2.24. The summed E-state index contributed by atoms with van der Waals surface area (Å²) in [6, 6.07) is 0. The molecule has 2 bridgehead atoms. The second-order valence-corrected chi connectivity index (χ2v) is 5.49. The Balaban J connectivity index is 2.29. The average Bonchev–Trinajstić information content (AvgIpc) is 2.01. The molecule has 2 heteroatoms. The van der Waals surface area contributed by atoms with Crippen molar-refractivity contribution >= 4 is 21.7 Å². The van der Waals surface area contributed by atoms with Crippen molar-refractivity contribution < 1.29 is 4.79 Å². The number of hydrogen-bond acceptors (Lipinski definition) is 1. The molecule has 2 aliphatic rings. The van der Waals surface area contributed by atoms with E-state index in [0.717, 1.165) is 19.3 Å². The van der Waals surface area contributed by atoms with Crippen LogP contribution in [0.5, 0.6) is 0 Å². The van der Waals surface area contributed by atoms with Crippen LogP contribution in [-0.2, 0) is 4.79 Å². The van der Waals surface area contributed by atoms with Crippen LogP contribution in [0, 0.1) is 5.92 Å². The van der Waals surface area contributed by atoms with E-state index in [1.807, 2.05) is 0 Å². The van der Waals surface area contributed by atoms with Gasteiger partial charge in [-0.1, -0.05) is 28.1 Å². The molecule has 0 amide bonds. The summed E-state index contributed by atoms with van der Waals surface area (Å²) in [5, 5.41) is 0. The maximum absolute atomic E-state index is 11.2. The first-order valence-electron chi connectivity index (χ1n) is 3.97. The van der Waals surface area contributed by atoms with Gasteiger partial charge < -0.3 is 0 Å². The molecule has 0 saturated heterocycles. The van der Waals surface area contributed by atoms with Gasteiger partial charge in [0.25, 0.3) is 0 Å². The zero-order chi connectivity index (χ0) is 8.06. The molecule has 0 aliphatic heterocycles. The van der Waals surface area contributed by atoms with Crippen molar-refractivity contribution in [1.82, 2.24) is 0 Å². The van der Waals surface area contributed by atoms with Crippen LogP contribution in [-0.4, -0.2) is 10.1 Å². The quantitative estimate of drug-likeness (QED) is 0.448. The second kappa shape index (κ2) is 2.19. The van der Waals surface area contributed by atoms with E-state index in [-0.39, 0.29) is 4.32 Å². The molecule has 0 radical (unpaired) electrons. The van der Waals surface area contributed by atoms with E-state index in [0.29, 0.717) is 18.1 Å². The molecule has 2 atom stereocenters. The molecule has 0 aromatic rings. The molecule has 11 heavy (non-hydrogen) atoms. The molecule has 2 rings (SSSR count). The lowest BCUT2D eigenvalue weighted by Crippen LogP contribution is -2.26. The fourth-order valence-corrected chi connectivity index (χ4v) is 3.32. The first kappa shape index (κ1) is 7.53. The van der Waals surface area contributed by atoms with Gasteiger partial charge in [0.15, 0.2) is 0 Å². The van der Waals surface area contributed by atoms with Gasteiger partial charge >= 0.3 is 0 Å². The van der Waals surface area contributed by atoms with Crippen molar-refractivity contribution in [3.63, 3.8) is 0 Å². The number of Topliss-reactive ketones (excluding diaryl/α,β-unsaturated/α-hetero) is 1. The van der Waals surface area contributed by atoms with Crippen LogP contribution in [0.15, 0.2) is 12.2 Å². The van der Waals surface area contributed by atoms with Crippen LogP contribution in [0.1, 0.15) is 25.7 Å². The van der Waals surface area contributed by atoms with Gasteiger partial charge in [-0.15, -0.1) is 0 Å². The lowest BCUT2D eigenvalue weighted by atomic mass is 9.88. The zero-order valence-electron chi connectivity index (χ0n) is 6.40. The van der Waals surface area contributed by atoms with Crippen molar-refractivity contribution in [2.45, 2.75) is 30.0 Å². The molecular formula is C9H11BrO. The van der Waals surface area contributed by atoms with Gasteiger partial charge in [-0.3, -0.25) is 4.79 Å². The van der Waals surface area contributed by atoms with E-state index in [1.165, 1.54) is 5.57 Å². The maximum Gasteiger partial charge on any atom is 0.134 e. The highest BCUT2D eigenvalue weighted by atomic mass is 79.9. The Bertz CT molecular complexity index is 230. The van der Waals surface area contributed by atoms with Crippen molar-refractivity contribution in [3.05, 3.63) is 12.2 Å². The Kier molecular flexibility index (Phi) is 1.50. The number of carbonyl (C=O) groups excluding carboxylic acids is 1. The standard InChI is InChI=1S/C9H11BrO/c1-6-3-9(10)4-7(6)2-8(11)5-9/h7H,1-5H2/t7-,9+/m0/s1. The highest BCUT2D eigenvalue weighted by Crippen LogP contribution is 2.51. The first-order chi connectivity index (χ1) is 5.09. The van der Waals surface area contributed by atoms with Gasteiger partial charge in [0.1, 0.15) is 5.78 Å². The summed E-state index contributed by atoms with van der Waals surface area (Å²) >= 11 is 3.64. The summed E-state index contributed by atoms with van der Waals surface area (Å²) in [5.41, 5.74) is 1.27. The molecule has 2 aliphatic carbocycles. The van der Waals surface area contributed by atoms with Crippen molar-refractivity contribution in [3.8, 4) is 0 Å². The van der Waals surface area contributed by atoms with Crippen LogP contribution in [0.2, 0.25) is 0 Å². The third-order valence-electron chi connectivity index (χ3n) is 2.72. The molecule has 2 fully saturated rings. The predicted molar refractivity (Wildman–Crippen MR) is 47.8 cm³/mol. The van der Waals surface area contributed by atoms with Gasteiger partial charge in [-0.05, 0) is 18.8 Å². The molecule has 0 heterocycles. The zero-order valence-corrected chi connectivity index (χ0v) is 7.99. The second-order valence-electron chi connectivity index (χ2n) is 3.81. The predicted octanol–water partition coefficient (Wildman–Crippen LogP) is 2.45. The number of rotatable bonds is 0. The summed E-state index contributed by atoms with van der Waals surface area (Å²) in [5.74, 6) is 0.882. The molecule has 0 N–H and O–H groups in total. The summed E-state index contributed by atoms with van der Waals surface area (Å²) in [7, 11) is 0. The van der Waals surface area contributed by atoms with Crippen LogP contribution < -0.4 is 0 Å². The third-order valence-corrected chi connectivity index (χ3v) is 3.61. The SMILES string of the molecule is C=C1C[C@]2(Br)CC(=O)C[C@H]1C2. The number of fused-ring (bicyclic) bond motifs is 2. The maximum atomic E-state index is 11.2. The molecule has 0 spiro atoms. The average molecular weight is 215 g/mol. The minimum Gasteiger partial charge on any atom is -0.300 e. The number of carbonyl (C=O) groups is 1. The number of ketones is 1. The Morgan fingerprint density at radius 1 is 1.55 bits per heavy atom. The summed E-state index contributed by atoms with van der Waals surface area (Å²) < 4.78 is 0.101. The fourth-order valence-electron chi connectivity index (χ4n) is 2.26. The van der Waals surface area contributed by atoms with Gasteiger partial charge in [0.05, 0.1) is 0 Å². The highest BCUT2D eigenvalue weighted by Gasteiger charge is 2.45. The van der Waals surface area contributed by atoms with Gasteiger partial charge in [-0.2, -0.15) is 0 Å². The number of halogens is 1. The monoisotopic (exact) mass is 214 g/mol. The van der Waals surface area contributed by atoms with E-state index in [4.69, 9.17) is 0 Å². The van der Waals surface area contributed by atoms with E-state index in [9.17, 15) is 4.79 Å². The summed E-state index contributed by atoms with van der Waals surface area (Å²) in [4.78, 5) is 11.2. The Hall–Kier alpha value is -0.110. The topological polar surface area (TPSA) is 17.1 Å². The van der Waals surface area contributed by atoms with Crippen molar-refractivity contribution in [2.75, 3.05) is 0 Å². The van der Waals surface area contributed by atoms with Crippen LogP contribution >= 0.6 is 15.9 Å². The smallest absolute Gasteiger partial charge is 0.134 e. The molecule has 60 valence electrons. The molecular weight excluding hydrogens is 204 g/mol. The Morgan fingerprint density at radius 2 is 2.27 bits per heavy atom. The molecule has 0 aromatic carbocycles. The van der Waals surface area contributed by atoms with Gasteiger partial charge in [0, 0.05) is 17.2 Å². The van der Waals surface area contributed by atoms with Crippen molar-refractivity contribution in [1.29, 1.82) is 0 Å². The minimum absolute atomic E-state index is 0.101. The number of allylic oxidation sites excluding steroid dienone is 1. The van der Waals surface area contributed by atoms with Crippen LogP contribution in [0.3, 0.4) is 0 Å². The van der Waals surface area contributed by atoms with Crippen LogP contribution in [0.4, 0.5) is 0 Å². The third kappa shape index (κ3) is 1.18. The van der Waals surface area contributed by atoms with E-state index in [1.54, 1.807) is 0 Å². The molecule has 1 nitrogen and oxygen atoms in total. The first-order valence-corrected chi connectivity index (χ1v) is 4.77. The molecule has 0 aromatic heterocycles. The molecule has 0 unspecified atom stereocenters. The van der Waals surface area contributed by atoms with E-state index in [2.05, 4.69) is 22.5 Å². The fraction of sp³-hybridized carbons (Fsp3) is 0.667. The van der Waals surface area contributed by atoms with E-state index < -0.39 is 0 Å². The molecule has 2 saturated carbocycles. The summed E-state index contributed by atoms with van der Waals surface area (Å²) in [6.45, 7) is 3.99. The minimum atomic E-state index is 0.101. The van der Waals surface area contributed by atoms with Gasteiger partial charge in [0.2, 0.25) is 0 Å². The van der Waals surface area contributed by atoms with Crippen molar-refractivity contribution in [2.24, 2.45) is 5.92 Å². The van der Waals surface area contributed by atoms with E-state index >= 15 is 0 Å². The highest BCUT2D eigenvalue weighted by molar-refractivity contribution is 9.10. The normalized spacial score (nSPS) is 43.2. The summed E-state index contributed by atoms with van der Waals surface area (Å²) in [6.07, 6.45) is 3.58. The lowest BCUT2D eigenvalue weighted by molar-refractivity contribution is -0.121. The number of alkyl halides is 1. The Labute approximate surface area is 75.0 Å².